The number of alkyl halides is 3. The summed E-state index contributed by atoms with van der Waals surface area (Å²) in [6, 6.07) is 1.43. The summed E-state index contributed by atoms with van der Waals surface area (Å²) in [5.74, 6) is -1.13. The normalized spacial score (nSPS) is 12.4. The molecule has 0 aliphatic heterocycles. The van der Waals surface area contributed by atoms with E-state index in [1.807, 2.05) is 0 Å². The number of nitrogens with two attached hydrogens (primary N) is 1. The van der Waals surface area contributed by atoms with E-state index < -0.39 is 21.0 Å². The van der Waals surface area contributed by atoms with E-state index in [0.29, 0.717) is 0 Å². The molecule has 8 heteroatoms. The van der Waals surface area contributed by atoms with Crippen LogP contribution in [0.2, 0.25) is 0 Å². The van der Waals surface area contributed by atoms with Crippen molar-refractivity contribution in [3.8, 4) is 6.07 Å². The van der Waals surface area contributed by atoms with E-state index in [4.69, 9.17) is 45.8 Å². The van der Waals surface area contributed by atoms with E-state index in [1.165, 1.54) is 6.07 Å². The van der Waals surface area contributed by atoms with Crippen LogP contribution in [0.1, 0.15) is 0 Å². The summed E-state index contributed by atoms with van der Waals surface area (Å²) >= 11 is 16.0. The fourth-order valence-electron chi connectivity index (χ4n) is 0.462. The predicted molar refractivity (Wildman–Crippen MR) is 52.8 cm³/mol. The molecule has 0 saturated heterocycles. The minimum absolute atomic E-state index is 0.529. The highest BCUT2D eigenvalue weighted by atomic mass is 35.6. The van der Waals surface area contributed by atoms with Gasteiger partial charge in [-0.25, -0.2) is 4.79 Å². The molecule has 0 heterocycles. The monoisotopic (exact) mass is 255 g/mol. The average molecular weight is 256 g/mol. The van der Waals surface area contributed by atoms with Gasteiger partial charge in [0.25, 0.3) is 0 Å². The van der Waals surface area contributed by atoms with Crippen LogP contribution in [0.25, 0.3) is 0 Å². The van der Waals surface area contributed by atoms with Crippen LogP contribution >= 0.6 is 34.8 Å². The molecule has 2 N–H and O–H groups in total. The van der Waals surface area contributed by atoms with Crippen LogP contribution in [0.4, 0.5) is 0 Å². The van der Waals surface area contributed by atoms with Gasteiger partial charge in [-0.2, -0.15) is 5.26 Å². The lowest BCUT2D eigenvalue weighted by atomic mass is 10.2. The summed E-state index contributed by atoms with van der Waals surface area (Å²) in [4.78, 5) is 15.0. The molecule has 0 unspecified atom stereocenters. The Kier molecular flexibility index (Phi) is 4.71. The van der Waals surface area contributed by atoms with Crippen molar-refractivity contribution in [2.24, 2.45) is 10.9 Å². The Morgan fingerprint density at radius 1 is 1.57 bits per heavy atom. The molecule has 0 amide bonds. The number of hydrogen-bond donors (Lipinski definition) is 1. The Hall–Kier alpha value is -0.960. The van der Waals surface area contributed by atoms with Gasteiger partial charge in [0.05, 0.1) is 5.70 Å². The highest BCUT2D eigenvalue weighted by Crippen LogP contribution is 2.33. The summed E-state index contributed by atoms with van der Waals surface area (Å²) in [5.41, 5.74) is 4.08. The Morgan fingerprint density at radius 2 is 2.07 bits per heavy atom. The van der Waals surface area contributed by atoms with Crippen LogP contribution in [-0.2, 0) is 9.63 Å². The lowest BCUT2D eigenvalue weighted by Crippen LogP contribution is -2.21. The average Bonchev–Trinajstić information content (AvgIpc) is 2.04. The first kappa shape index (κ1) is 13.0. The summed E-state index contributed by atoms with van der Waals surface area (Å²) in [5, 5.41) is 11.3. The van der Waals surface area contributed by atoms with Crippen LogP contribution in [0, 0.1) is 11.3 Å². The summed E-state index contributed by atoms with van der Waals surface area (Å²) in [6.45, 7) is 2.87. The third-order valence-electron chi connectivity index (χ3n) is 1.04. The van der Waals surface area contributed by atoms with Crippen molar-refractivity contribution in [1.82, 2.24) is 0 Å². The van der Waals surface area contributed by atoms with Crippen LogP contribution < -0.4 is 5.73 Å². The van der Waals surface area contributed by atoms with Crippen molar-refractivity contribution >= 4 is 47.5 Å². The molecule has 0 aliphatic carbocycles. The van der Waals surface area contributed by atoms with E-state index in [-0.39, 0.29) is 0 Å². The number of rotatable bonds is 2. The van der Waals surface area contributed by atoms with Gasteiger partial charge in [0.1, 0.15) is 6.07 Å². The number of hydrogen-bond acceptors (Lipinski definition) is 5. The second-order valence-corrected chi connectivity index (χ2v) is 4.19. The zero-order valence-electron chi connectivity index (χ0n) is 6.63. The number of carbonyl (C=O) groups excluding carboxylic acids is 1. The quantitative estimate of drug-likeness (QED) is 0.201. The zero-order chi connectivity index (χ0) is 11.4. The Morgan fingerprint density at radius 3 is 2.36 bits per heavy atom. The third kappa shape index (κ3) is 3.42. The van der Waals surface area contributed by atoms with E-state index in [1.54, 1.807) is 0 Å². The molecule has 0 aromatic rings. The minimum atomic E-state index is -2.05. The fourth-order valence-corrected chi connectivity index (χ4v) is 0.745. The van der Waals surface area contributed by atoms with E-state index in [2.05, 4.69) is 16.7 Å². The minimum Gasteiger partial charge on any atom is -0.397 e. The number of allylic oxidation sites excluding steroid dienone is 1. The number of halogens is 3. The summed E-state index contributed by atoms with van der Waals surface area (Å²) < 4.78 is -2.05. The van der Waals surface area contributed by atoms with Gasteiger partial charge in [-0.3, -0.25) is 0 Å². The van der Waals surface area contributed by atoms with Crippen molar-refractivity contribution in [1.29, 1.82) is 5.26 Å². The number of carbonyl (C=O) groups is 1. The molecule has 0 aromatic carbocycles. The highest BCUT2D eigenvalue weighted by molar-refractivity contribution is 6.69. The number of nitrogens with zero attached hydrogens (tertiary/aromatic N) is 2. The van der Waals surface area contributed by atoms with Crippen molar-refractivity contribution in [3.63, 3.8) is 0 Å². The highest BCUT2D eigenvalue weighted by Gasteiger charge is 2.30. The van der Waals surface area contributed by atoms with E-state index in [9.17, 15) is 4.79 Å². The molecule has 0 aromatic heterocycles. The van der Waals surface area contributed by atoms with Gasteiger partial charge in [0.15, 0.2) is 5.57 Å². The summed E-state index contributed by atoms with van der Waals surface area (Å²) in [6.07, 6.45) is 0. The second kappa shape index (κ2) is 5.05. The van der Waals surface area contributed by atoms with E-state index >= 15 is 0 Å². The molecule has 0 atom stereocenters. The first-order valence-electron chi connectivity index (χ1n) is 2.99. The zero-order valence-corrected chi connectivity index (χ0v) is 8.90. The van der Waals surface area contributed by atoms with Crippen LogP contribution in [-0.4, -0.2) is 16.5 Å². The Balaban J connectivity index is 5.17. The van der Waals surface area contributed by atoms with Gasteiger partial charge in [-0.05, 0) is 0 Å². The standard InChI is InChI=1S/C6H4Cl3N3O2/c1-12-14-5(13)3(2-10)4(11)6(7,8)9/h1,11H2/b4-3+. The molecule has 0 saturated carbocycles. The molecular weight excluding hydrogens is 252 g/mol. The molecule has 0 spiro atoms. The molecule has 76 valence electrons. The Labute approximate surface area is 94.6 Å². The van der Waals surface area contributed by atoms with Gasteiger partial charge in [-0.1, -0.05) is 40.0 Å². The maximum atomic E-state index is 11.0. The molecule has 0 radical (unpaired) electrons. The Bertz CT molecular complexity index is 326. The van der Waals surface area contributed by atoms with Crippen molar-refractivity contribution in [3.05, 3.63) is 11.3 Å². The van der Waals surface area contributed by atoms with Crippen LogP contribution in [0.3, 0.4) is 0 Å². The molecule has 0 rings (SSSR count). The SMILES string of the molecule is C=NOC(=O)/C(C#N)=C(/N)C(Cl)(Cl)Cl. The molecule has 0 fully saturated rings. The van der Waals surface area contributed by atoms with E-state index in [0.717, 1.165) is 0 Å². The number of oxime groups is 1. The second-order valence-electron chi connectivity index (χ2n) is 1.91. The van der Waals surface area contributed by atoms with Crippen LogP contribution in [0.5, 0.6) is 0 Å². The van der Waals surface area contributed by atoms with Gasteiger partial charge < -0.3 is 10.6 Å². The van der Waals surface area contributed by atoms with Gasteiger partial charge in [-0.15, -0.1) is 0 Å². The molecule has 14 heavy (non-hydrogen) atoms. The van der Waals surface area contributed by atoms with Gasteiger partial charge in [0, 0.05) is 6.72 Å². The lowest BCUT2D eigenvalue weighted by molar-refractivity contribution is -0.138. The molecule has 0 bridgehead atoms. The predicted octanol–water partition coefficient (Wildman–Crippen LogP) is 1.25. The van der Waals surface area contributed by atoms with Crippen molar-refractivity contribution in [2.45, 2.75) is 3.79 Å². The van der Waals surface area contributed by atoms with Gasteiger partial charge >= 0.3 is 5.97 Å². The molecule has 0 aliphatic rings. The lowest BCUT2D eigenvalue weighted by Gasteiger charge is -2.11. The molecular formula is C6H4Cl3N3O2. The fraction of sp³-hybridized carbons (Fsp3) is 0.167. The molecule has 5 nitrogen and oxygen atoms in total. The first-order valence-corrected chi connectivity index (χ1v) is 4.12. The largest absolute Gasteiger partial charge is 0.397 e. The van der Waals surface area contributed by atoms with Crippen molar-refractivity contribution < 1.29 is 9.63 Å². The van der Waals surface area contributed by atoms with Crippen molar-refractivity contribution in [2.75, 3.05) is 0 Å². The summed E-state index contributed by atoms with van der Waals surface area (Å²) in [7, 11) is 0. The third-order valence-corrected chi connectivity index (χ3v) is 1.65. The smallest absolute Gasteiger partial charge is 0.378 e. The maximum absolute atomic E-state index is 11.0. The van der Waals surface area contributed by atoms with Crippen LogP contribution in [0.15, 0.2) is 16.4 Å². The topological polar surface area (TPSA) is 88.5 Å². The van der Waals surface area contributed by atoms with Gasteiger partial charge in [0.2, 0.25) is 3.79 Å². The first-order chi connectivity index (χ1) is 6.34. The maximum Gasteiger partial charge on any atom is 0.378 e. The number of nitriles is 1.